The number of hydrogen-bond donors (Lipinski definition) is 2. The second-order valence-corrected chi connectivity index (χ2v) is 10.2. The molecule has 0 atom stereocenters. The van der Waals surface area contributed by atoms with Crippen molar-refractivity contribution in [3.63, 3.8) is 0 Å². The molecule has 172 valence electrons. The molecule has 0 radical (unpaired) electrons. The van der Waals surface area contributed by atoms with Crippen LogP contribution in [0.5, 0.6) is 0 Å². The number of carbonyl (C=O) groups excluding carboxylic acids is 1. The molecule has 1 saturated heterocycles. The molecule has 10 nitrogen and oxygen atoms in total. The molecule has 1 aromatic carbocycles. The number of nitrogens with zero attached hydrogens (tertiary/aromatic N) is 4. The van der Waals surface area contributed by atoms with Crippen molar-refractivity contribution in [2.45, 2.75) is 31.3 Å². The number of nitrogen functional groups attached to an aromatic ring is 1. The molecule has 1 aliphatic heterocycles. The molecule has 1 amide bonds. The van der Waals surface area contributed by atoms with Gasteiger partial charge in [-0.05, 0) is 39.0 Å². The number of sulfonamides is 1. The van der Waals surface area contributed by atoms with Gasteiger partial charge in [0.25, 0.3) is 0 Å². The van der Waals surface area contributed by atoms with E-state index in [1.54, 1.807) is 45.3 Å². The van der Waals surface area contributed by atoms with E-state index in [2.05, 4.69) is 21.9 Å². The van der Waals surface area contributed by atoms with Gasteiger partial charge in [-0.2, -0.15) is 4.31 Å². The van der Waals surface area contributed by atoms with Crippen LogP contribution in [0.1, 0.15) is 26.3 Å². The highest BCUT2D eigenvalue weighted by Gasteiger charge is 2.33. The summed E-state index contributed by atoms with van der Waals surface area (Å²) in [6, 6.07) is 4.57. The van der Waals surface area contributed by atoms with Gasteiger partial charge in [0.15, 0.2) is 0 Å². The maximum Gasteiger partial charge on any atom is 0.410 e. The van der Waals surface area contributed by atoms with E-state index < -0.39 is 21.7 Å². The smallest absolute Gasteiger partial charge is 0.410 e. The average Bonchev–Trinajstić information content (AvgIpc) is 2.73. The van der Waals surface area contributed by atoms with Crippen molar-refractivity contribution in [2.75, 3.05) is 37.2 Å². The van der Waals surface area contributed by atoms with Gasteiger partial charge in [-0.25, -0.2) is 23.2 Å². The van der Waals surface area contributed by atoms with Crippen LogP contribution in [0.2, 0.25) is 0 Å². The van der Waals surface area contributed by atoms with Crippen LogP contribution in [0.15, 0.2) is 42.1 Å². The molecule has 0 bridgehead atoms. The summed E-state index contributed by atoms with van der Waals surface area (Å²) in [4.78, 5) is 22.0. The maximum absolute atomic E-state index is 13.1. The molecule has 1 fully saturated rings. The lowest BCUT2D eigenvalue weighted by atomic mass is 10.2. The Morgan fingerprint density at radius 3 is 2.34 bits per heavy atom. The Morgan fingerprint density at radius 1 is 1.19 bits per heavy atom. The molecule has 2 heterocycles. The van der Waals surface area contributed by atoms with Gasteiger partial charge < -0.3 is 20.7 Å². The molecular weight excluding hydrogens is 432 g/mol. The quantitative estimate of drug-likeness (QED) is 0.651. The van der Waals surface area contributed by atoms with E-state index in [-0.39, 0.29) is 36.8 Å². The second-order valence-electron chi connectivity index (χ2n) is 8.29. The number of amides is 1. The fourth-order valence-corrected chi connectivity index (χ4v) is 4.59. The largest absolute Gasteiger partial charge is 0.444 e. The number of aromatic nitrogens is 2. The van der Waals surface area contributed by atoms with Crippen LogP contribution in [0.4, 0.5) is 22.1 Å². The number of hydrogen-bond acceptors (Lipinski definition) is 8. The first kappa shape index (κ1) is 23.5. The van der Waals surface area contributed by atoms with Gasteiger partial charge in [-0.1, -0.05) is 12.7 Å². The van der Waals surface area contributed by atoms with E-state index >= 15 is 0 Å². The summed E-state index contributed by atoms with van der Waals surface area (Å²) in [5.74, 6) is 0.351. The molecule has 1 aromatic heterocycles. The van der Waals surface area contributed by atoms with E-state index in [1.807, 2.05) is 0 Å². The maximum atomic E-state index is 13.1. The first-order chi connectivity index (χ1) is 15.0. The summed E-state index contributed by atoms with van der Waals surface area (Å²) in [6.45, 7) is 9.81. The lowest BCUT2D eigenvalue weighted by molar-refractivity contribution is 0.0192. The molecule has 3 rings (SSSR count). The standard InChI is InChI=1S/C21H28N6O4S/c1-5-15-13-23-19(24-14-15)25-16-6-7-18(17(22)12-16)32(29,30)27-10-8-26(9-11-27)20(28)31-21(2,3)4/h5-7,12-14H,1,8-11,22H2,2-4H3,(H,23,24,25). The Morgan fingerprint density at radius 2 is 1.81 bits per heavy atom. The minimum absolute atomic E-state index is 0.0108. The fourth-order valence-electron chi connectivity index (χ4n) is 3.07. The molecule has 11 heteroatoms. The van der Waals surface area contributed by atoms with Crippen molar-refractivity contribution in [1.29, 1.82) is 0 Å². The van der Waals surface area contributed by atoms with Crippen molar-refractivity contribution in [3.8, 4) is 0 Å². The number of nitrogens with one attached hydrogen (secondary N) is 1. The Bertz CT molecular complexity index is 1090. The zero-order chi connectivity index (χ0) is 23.5. The summed E-state index contributed by atoms with van der Waals surface area (Å²) >= 11 is 0. The van der Waals surface area contributed by atoms with Crippen LogP contribution in [0.25, 0.3) is 6.08 Å². The van der Waals surface area contributed by atoms with Crippen molar-refractivity contribution < 1.29 is 17.9 Å². The van der Waals surface area contributed by atoms with Crippen LogP contribution >= 0.6 is 0 Å². The molecule has 3 N–H and O–H groups in total. The number of ether oxygens (including phenoxy) is 1. The molecule has 32 heavy (non-hydrogen) atoms. The van der Waals surface area contributed by atoms with E-state index in [0.717, 1.165) is 5.56 Å². The first-order valence-electron chi connectivity index (χ1n) is 10.1. The monoisotopic (exact) mass is 460 g/mol. The highest BCUT2D eigenvalue weighted by Crippen LogP contribution is 2.27. The van der Waals surface area contributed by atoms with Gasteiger partial charge in [-0.3, -0.25) is 0 Å². The summed E-state index contributed by atoms with van der Waals surface area (Å²) < 4.78 is 32.9. The molecular formula is C21H28N6O4S. The van der Waals surface area contributed by atoms with Crippen molar-refractivity contribution in [2.24, 2.45) is 0 Å². The molecule has 1 aliphatic rings. The van der Waals surface area contributed by atoms with E-state index in [9.17, 15) is 13.2 Å². The van der Waals surface area contributed by atoms with Gasteiger partial charge in [0.2, 0.25) is 16.0 Å². The number of nitrogens with two attached hydrogens (primary N) is 1. The first-order valence-corrected chi connectivity index (χ1v) is 11.5. The van der Waals surface area contributed by atoms with Gasteiger partial charge in [0, 0.05) is 49.8 Å². The number of rotatable bonds is 5. The summed E-state index contributed by atoms with van der Waals surface area (Å²) in [5.41, 5.74) is 6.91. The summed E-state index contributed by atoms with van der Waals surface area (Å²) in [6.07, 6.45) is 4.41. The Labute approximate surface area is 188 Å². The van der Waals surface area contributed by atoms with Gasteiger partial charge >= 0.3 is 6.09 Å². The number of carbonyl (C=O) groups is 1. The second kappa shape index (κ2) is 9.13. The zero-order valence-corrected chi connectivity index (χ0v) is 19.2. The van der Waals surface area contributed by atoms with Crippen LogP contribution in [0.3, 0.4) is 0 Å². The van der Waals surface area contributed by atoms with Crippen LogP contribution in [-0.2, 0) is 14.8 Å². The summed E-state index contributed by atoms with van der Waals surface area (Å²) in [7, 11) is -3.82. The number of piperazine rings is 1. The topological polar surface area (TPSA) is 131 Å². The minimum Gasteiger partial charge on any atom is -0.444 e. The SMILES string of the molecule is C=Cc1cnc(Nc2ccc(S(=O)(=O)N3CCN(C(=O)OC(C)(C)C)CC3)c(N)c2)nc1. The average molecular weight is 461 g/mol. The Kier molecular flexibility index (Phi) is 6.70. The third kappa shape index (κ3) is 5.54. The van der Waals surface area contributed by atoms with E-state index in [4.69, 9.17) is 10.5 Å². The van der Waals surface area contributed by atoms with Crippen LogP contribution in [-0.4, -0.2) is 65.5 Å². The third-order valence-corrected chi connectivity index (χ3v) is 6.65. The normalized spacial score (nSPS) is 15.3. The third-order valence-electron chi connectivity index (χ3n) is 4.68. The molecule has 0 aliphatic carbocycles. The molecule has 2 aromatic rings. The van der Waals surface area contributed by atoms with Gasteiger partial charge in [0.05, 0.1) is 5.69 Å². The number of benzene rings is 1. The summed E-state index contributed by atoms with van der Waals surface area (Å²) in [5, 5.41) is 2.99. The van der Waals surface area contributed by atoms with E-state index in [0.29, 0.717) is 11.6 Å². The minimum atomic E-state index is -3.82. The van der Waals surface area contributed by atoms with Crippen molar-refractivity contribution >= 4 is 39.5 Å². The molecule has 0 saturated carbocycles. The predicted molar refractivity (Wildman–Crippen MR) is 123 cm³/mol. The highest BCUT2D eigenvalue weighted by molar-refractivity contribution is 7.89. The zero-order valence-electron chi connectivity index (χ0n) is 18.4. The molecule has 0 spiro atoms. The molecule has 0 unspecified atom stereocenters. The lowest BCUT2D eigenvalue weighted by Gasteiger charge is -2.35. The Balaban J connectivity index is 1.68. The highest BCUT2D eigenvalue weighted by atomic mass is 32.2. The number of anilines is 3. The fraction of sp³-hybridized carbons (Fsp3) is 0.381. The van der Waals surface area contributed by atoms with Crippen LogP contribution in [0, 0.1) is 0 Å². The van der Waals surface area contributed by atoms with Gasteiger partial charge in [-0.15, -0.1) is 0 Å². The Hall–Kier alpha value is -3.18. The van der Waals surface area contributed by atoms with Gasteiger partial charge in [0.1, 0.15) is 10.5 Å². The van der Waals surface area contributed by atoms with E-state index in [1.165, 1.54) is 21.3 Å². The lowest BCUT2D eigenvalue weighted by Crippen LogP contribution is -2.51. The van der Waals surface area contributed by atoms with Crippen LogP contribution < -0.4 is 11.1 Å². The van der Waals surface area contributed by atoms with Crippen molar-refractivity contribution in [1.82, 2.24) is 19.2 Å². The van der Waals surface area contributed by atoms with Crippen molar-refractivity contribution in [3.05, 3.63) is 42.7 Å². The predicted octanol–water partition coefficient (Wildman–Crippen LogP) is 2.69.